The standard InChI is InChI=1S/C9H17NO4/c1-4-9(2,8(12)13)10-7(11)5-6-14-3/h4-6H2,1-3H3,(H,10,11)(H,12,13). The van der Waals surface area contributed by atoms with Gasteiger partial charge in [-0.2, -0.15) is 0 Å². The molecule has 0 radical (unpaired) electrons. The molecule has 14 heavy (non-hydrogen) atoms. The van der Waals surface area contributed by atoms with Crippen molar-refractivity contribution in [2.45, 2.75) is 32.2 Å². The zero-order chi connectivity index (χ0) is 11.2. The van der Waals surface area contributed by atoms with Gasteiger partial charge in [-0.25, -0.2) is 4.79 Å². The van der Waals surface area contributed by atoms with Crippen molar-refractivity contribution in [3.8, 4) is 0 Å². The molecule has 1 unspecified atom stereocenters. The van der Waals surface area contributed by atoms with Crippen molar-refractivity contribution < 1.29 is 19.4 Å². The molecule has 0 rings (SSSR count). The topological polar surface area (TPSA) is 75.6 Å². The van der Waals surface area contributed by atoms with Crippen LogP contribution in [-0.4, -0.2) is 36.2 Å². The zero-order valence-corrected chi connectivity index (χ0v) is 8.79. The minimum absolute atomic E-state index is 0.180. The van der Waals surface area contributed by atoms with Gasteiger partial charge in [0.1, 0.15) is 5.54 Å². The van der Waals surface area contributed by atoms with Gasteiger partial charge in [-0.15, -0.1) is 0 Å². The summed E-state index contributed by atoms with van der Waals surface area (Å²) in [6.45, 7) is 3.50. The van der Waals surface area contributed by atoms with Crippen LogP contribution in [0.4, 0.5) is 0 Å². The molecule has 82 valence electrons. The lowest BCUT2D eigenvalue weighted by Crippen LogP contribution is -2.51. The summed E-state index contributed by atoms with van der Waals surface area (Å²) < 4.78 is 4.71. The molecule has 0 bridgehead atoms. The number of amides is 1. The molecule has 0 aliphatic carbocycles. The first-order valence-electron chi connectivity index (χ1n) is 4.49. The third-order valence-corrected chi connectivity index (χ3v) is 2.13. The van der Waals surface area contributed by atoms with Crippen molar-refractivity contribution in [2.75, 3.05) is 13.7 Å². The first-order chi connectivity index (χ1) is 6.46. The van der Waals surface area contributed by atoms with Gasteiger partial charge in [-0.1, -0.05) is 6.92 Å². The lowest BCUT2D eigenvalue weighted by Gasteiger charge is -2.24. The molecule has 0 aromatic carbocycles. The van der Waals surface area contributed by atoms with Crippen LogP contribution in [-0.2, 0) is 14.3 Å². The van der Waals surface area contributed by atoms with Crippen LogP contribution in [0.5, 0.6) is 0 Å². The maximum absolute atomic E-state index is 11.2. The van der Waals surface area contributed by atoms with E-state index < -0.39 is 11.5 Å². The van der Waals surface area contributed by atoms with Crippen molar-refractivity contribution >= 4 is 11.9 Å². The van der Waals surface area contributed by atoms with Crippen LogP contribution in [0.3, 0.4) is 0 Å². The summed E-state index contributed by atoms with van der Waals surface area (Å²) in [5, 5.41) is 11.3. The van der Waals surface area contributed by atoms with Crippen LogP contribution in [0, 0.1) is 0 Å². The number of carboxylic acids is 1. The number of aliphatic carboxylic acids is 1. The van der Waals surface area contributed by atoms with Crippen molar-refractivity contribution in [1.82, 2.24) is 5.32 Å². The predicted octanol–water partition coefficient (Wildman–Crippen LogP) is 0.392. The monoisotopic (exact) mass is 203 g/mol. The van der Waals surface area contributed by atoms with E-state index in [1.807, 2.05) is 0 Å². The number of hydrogen-bond acceptors (Lipinski definition) is 3. The second-order valence-corrected chi connectivity index (χ2v) is 3.28. The number of rotatable bonds is 6. The molecule has 2 N–H and O–H groups in total. The quantitative estimate of drug-likeness (QED) is 0.655. The number of ether oxygens (including phenoxy) is 1. The average Bonchev–Trinajstić information content (AvgIpc) is 2.14. The molecule has 5 heteroatoms. The molecule has 0 spiro atoms. The average molecular weight is 203 g/mol. The predicted molar refractivity (Wildman–Crippen MR) is 51.0 cm³/mol. The Bertz CT molecular complexity index is 217. The van der Waals surface area contributed by atoms with Gasteiger partial charge in [-0.3, -0.25) is 4.79 Å². The van der Waals surface area contributed by atoms with E-state index in [0.717, 1.165) is 0 Å². The summed E-state index contributed by atoms with van der Waals surface area (Å²) in [4.78, 5) is 22.0. The SMILES string of the molecule is CCC(C)(NC(=O)CCOC)C(=O)O. The van der Waals surface area contributed by atoms with Gasteiger partial charge in [0.05, 0.1) is 6.61 Å². The van der Waals surface area contributed by atoms with Crippen LogP contribution >= 0.6 is 0 Å². The Morgan fingerprint density at radius 2 is 2.07 bits per heavy atom. The summed E-state index contributed by atoms with van der Waals surface area (Å²) in [5.74, 6) is -1.33. The number of carbonyl (C=O) groups excluding carboxylic acids is 1. The lowest BCUT2D eigenvalue weighted by molar-refractivity contribution is -0.147. The van der Waals surface area contributed by atoms with Crippen molar-refractivity contribution in [3.63, 3.8) is 0 Å². The fourth-order valence-corrected chi connectivity index (χ4v) is 0.858. The Labute approximate surface area is 83.4 Å². The van der Waals surface area contributed by atoms with Gasteiger partial charge >= 0.3 is 5.97 Å². The van der Waals surface area contributed by atoms with Crippen LogP contribution in [0.25, 0.3) is 0 Å². The van der Waals surface area contributed by atoms with Gasteiger partial charge in [0.15, 0.2) is 0 Å². The van der Waals surface area contributed by atoms with Gasteiger partial charge in [-0.05, 0) is 13.3 Å². The summed E-state index contributed by atoms with van der Waals surface area (Å²) in [6, 6.07) is 0. The summed E-state index contributed by atoms with van der Waals surface area (Å²) >= 11 is 0. The number of methoxy groups -OCH3 is 1. The van der Waals surface area contributed by atoms with Crippen LogP contribution in [0.15, 0.2) is 0 Å². The largest absolute Gasteiger partial charge is 0.480 e. The molecule has 0 aliphatic rings. The molecule has 1 amide bonds. The number of hydrogen-bond donors (Lipinski definition) is 2. The van der Waals surface area contributed by atoms with Gasteiger partial charge in [0, 0.05) is 13.5 Å². The van der Waals surface area contributed by atoms with E-state index in [1.54, 1.807) is 6.92 Å². The molecule has 0 heterocycles. The van der Waals surface area contributed by atoms with E-state index in [9.17, 15) is 9.59 Å². The third-order valence-electron chi connectivity index (χ3n) is 2.13. The van der Waals surface area contributed by atoms with Crippen molar-refractivity contribution in [1.29, 1.82) is 0 Å². The highest BCUT2D eigenvalue weighted by Gasteiger charge is 2.32. The van der Waals surface area contributed by atoms with Crippen molar-refractivity contribution in [2.24, 2.45) is 0 Å². The van der Waals surface area contributed by atoms with Gasteiger partial charge in [0.25, 0.3) is 0 Å². The van der Waals surface area contributed by atoms with E-state index in [0.29, 0.717) is 13.0 Å². The minimum Gasteiger partial charge on any atom is -0.480 e. The molecule has 0 aliphatic heterocycles. The van der Waals surface area contributed by atoms with E-state index in [4.69, 9.17) is 9.84 Å². The molecule has 0 saturated carbocycles. The first-order valence-corrected chi connectivity index (χ1v) is 4.49. The smallest absolute Gasteiger partial charge is 0.329 e. The third kappa shape index (κ3) is 3.74. The van der Waals surface area contributed by atoms with E-state index in [-0.39, 0.29) is 12.3 Å². The highest BCUT2D eigenvalue weighted by Crippen LogP contribution is 2.09. The maximum Gasteiger partial charge on any atom is 0.329 e. The molecule has 0 aromatic heterocycles. The molecule has 0 aromatic rings. The highest BCUT2D eigenvalue weighted by molar-refractivity contribution is 5.86. The second kappa shape index (κ2) is 5.59. The van der Waals surface area contributed by atoms with Crippen molar-refractivity contribution in [3.05, 3.63) is 0 Å². The molecule has 0 saturated heterocycles. The molecular weight excluding hydrogens is 186 g/mol. The summed E-state index contributed by atoms with van der Waals surface area (Å²) in [6.07, 6.45) is 0.528. The normalized spacial score (nSPS) is 14.5. The number of carboxylic acid groups (broad SMARTS) is 1. The fourth-order valence-electron chi connectivity index (χ4n) is 0.858. The van der Waals surface area contributed by atoms with Gasteiger partial charge in [0.2, 0.25) is 5.91 Å². The highest BCUT2D eigenvalue weighted by atomic mass is 16.5. The number of nitrogens with one attached hydrogen (secondary N) is 1. The van der Waals surface area contributed by atoms with Crippen LogP contribution < -0.4 is 5.32 Å². The van der Waals surface area contributed by atoms with Crippen LogP contribution in [0.2, 0.25) is 0 Å². The summed E-state index contributed by atoms with van der Waals surface area (Å²) in [7, 11) is 1.49. The maximum atomic E-state index is 11.2. The zero-order valence-electron chi connectivity index (χ0n) is 8.79. The lowest BCUT2D eigenvalue weighted by atomic mass is 9.99. The molecular formula is C9H17NO4. The Hall–Kier alpha value is -1.10. The Balaban J connectivity index is 4.18. The molecule has 1 atom stereocenters. The Morgan fingerprint density at radius 3 is 2.43 bits per heavy atom. The van der Waals surface area contributed by atoms with Crippen LogP contribution in [0.1, 0.15) is 26.7 Å². The molecule has 0 fully saturated rings. The number of carbonyl (C=O) groups is 2. The van der Waals surface area contributed by atoms with E-state index >= 15 is 0 Å². The minimum atomic E-state index is -1.18. The molecule has 5 nitrogen and oxygen atoms in total. The Morgan fingerprint density at radius 1 is 1.50 bits per heavy atom. The summed E-state index contributed by atoms with van der Waals surface area (Å²) in [5.41, 5.74) is -1.18. The van der Waals surface area contributed by atoms with Gasteiger partial charge < -0.3 is 15.2 Å². The van der Waals surface area contributed by atoms with E-state index in [2.05, 4.69) is 5.32 Å². The van der Waals surface area contributed by atoms with E-state index in [1.165, 1.54) is 14.0 Å². The first kappa shape index (κ1) is 12.9. The fraction of sp³-hybridized carbons (Fsp3) is 0.778. The second-order valence-electron chi connectivity index (χ2n) is 3.28. The Kier molecular flexibility index (Phi) is 5.15.